The minimum Gasteiger partial charge on any atom is -0.331 e. The number of nitrogens with zero attached hydrogens (tertiary/aromatic N) is 4. The van der Waals surface area contributed by atoms with E-state index in [0.717, 1.165) is 6.07 Å². The van der Waals surface area contributed by atoms with Gasteiger partial charge in [-0.25, -0.2) is 4.98 Å². The Morgan fingerprint density at radius 2 is 1.76 bits per heavy atom. The molecule has 4 atom stereocenters. The zero-order valence-electron chi connectivity index (χ0n) is 23.3. The Morgan fingerprint density at radius 1 is 1.12 bits per heavy atom. The van der Waals surface area contributed by atoms with Crippen LogP contribution in [0.2, 0.25) is 0 Å². The fraction of sp³-hybridized carbons (Fsp3) is 0.483. The van der Waals surface area contributed by atoms with Crippen LogP contribution in [-0.2, 0) is 22.3 Å². The molecule has 3 aliphatic rings. The molecule has 0 spiro atoms. The van der Waals surface area contributed by atoms with Gasteiger partial charge in [-0.1, -0.05) is 13.8 Å². The molecule has 2 unspecified atom stereocenters. The van der Waals surface area contributed by atoms with Crippen LogP contribution in [0.25, 0.3) is 21.5 Å². The number of aromatic nitrogens is 2. The molecule has 0 bridgehead atoms. The number of hydrogen-bond donors (Lipinski definition) is 1. The first-order valence-electron chi connectivity index (χ1n) is 13.6. The molecule has 41 heavy (non-hydrogen) atoms. The quantitative estimate of drug-likeness (QED) is 0.448. The Bertz CT molecular complexity index is 1580. The lowest BCUT2D eigenvalue weighted by Crippen LogP contribution is -2.57. The molecule has 1 saturated carbocycles. The standard InChI is InChI=1S/C29H30F3N5O3S/c1-13-8-19(29(30,31)32)35-23(20(13)25(38)37-14(2)10-33-11-15(37)3)17-6-7-34-18-9-16(41-24(17)18)12-36-26(39)21-22(27(36)40)28(21,4)5/h6-9,14-15,21-22,33H,10-12H2,1-5H3/t14-,15-,21?,22?/m0/s1. The van der Waals surface area contributed by atoms with E-state index in [2.05, 4.69) is 15.3 Å². The number of thiophene rings is 1. The van der Waals surface area contributed by atoms with Crippen LogP contribution in [0.3, 0.4) is 0 Å². The van der Waals surface area contributed by atoms with Crippen LogP contribution in [0.15, 0.2) is 24.4 Å². The first-order valence-corrected chi connectivity index (χ1v) is 14.4. The number of likely N-dealkylation sites (tertiary alicyclic amines) is 1. The molecule has 12 heteroatoms. The Hall–Kier alpha value is -3.38. The second-order valence-corrected chi connectivity index (χ2v) is 13.1. The van der Waals surface area contributed by atoms with E-state index in [4.69, 9.17) is 0 Å². The summed E-state index contributed by atoms with van der Waals surface area (Å²) in [4.78, 5) is 51.9. The van der Waals surface area contributed by atoms with Gasteiger partial charge in [-0.3, -0.25) is 24.3 Å². The molecule has 1 N–H and O–H groups in total. The number of fused-ring (bicyclic) bond motifs is 2. The molecule has 5 heterocycles. The maximum absolute atomic E-state index is 14.0. The third-order valence-electron chi connectivity index (χ3n) is 8.71. The van der Waals surface area contributed by atoms with E-state index in [0.29, 0.717) is 33.7 Å². The fourth-order valence-corrected chi connectivity index (χ4v) is 7.63. The van der Waals surface area contributed by atoms with Gasteiger partial charge in [0.25, 0.3) is 5.91 Å². The second kappa shape index (κ2) is 9.32. The van der Waals surface area contributed by atoms with Gasteiger partial charge in [0, 0.05) is 41.8 Å². The summed E-state index contributed by atoms with van der Waals surface area (Å²) in [6.07, 6.45) is -3.24. The monoisotopic (exact) mass is 585 g/mol. The van der Waals surface area contributed by atoms with Crippen LogP contribution in [0.5, 0.6) is 0 Å². The average Bonchev–Trinajstić information content (AvgIpc) is 3.13. The van der Waals surface area contributed by atoms with Crippen LogP contribution < -0.4 is 5.32 Å². The van der Waals surface area contributed by atoms with Gasteiger partial charge in [-0.15, -0.1) is 11.3 Å². The maximum Gasteiger partial charge on any atom is 0.433 e. The Morgan fingerprint density at radius 3 is 2.37 bits per heavy atom. The zero-order chi connectivity index (χ0) is 29.6. The number of piperidine rings is 1. The molecule has 3 amide bonds. The molecule has 0 radical (unpaired) electrons. The van der Waals surface area contributed by atoms with Gasteiger partial charge in [0.05, 0.1) is 39.9 Å². The molecule has 6 rings (SSSR count). The van der Waals surface area contributed by atoms with Crippen molar-refractivity contribution in [2.45, 2.75) is 59.4 Å². The van der Waals surface area contributed by atoms with Gasteiger partial charge < -0.3 is 10.2 Å². The minimum atomic E-state index is -4.71. The number of amides is 3. The Labute approximate surface area is 238 Å². The van der Waals surface area contributed by atoms with Crippen molar-refractivity contribution in [3.05, 3.63) is 46.1 Å². The summed E-state index contributed by atoms with van der Waals surface area (Å²) in [7, 11) is 0. The molecule has 216 valence electrons. The van der Waals surface area contributed by atoms with Gasteiger partial charge in [0.2, 0.25) is 11.8 Å². The molecule has 8 nitrogen and oxygen atoms in total. The number of hydrogen-bond acceptors (Lipinski definition) is 7. The van der Waals surface area contributed by atoms with Crippen molar-refractivity contribution in [2.24, 2.45) is 17.3 Å². The SMILES string of the molecule is Cc1cc(C(F)(F)F)nc(-c2ccnc3cc(CN4C(=O)C5C(C4=O)C5(C)C)sc23)c1C(=O)N1[C@@H](C)CNC[C@@H]1C. The van der Waals surface area contributed by atoms with Crippen LogP contribution in [0, 0.1) is 24.2 Å². The molecular weight excluding hydrogens is 555 g/mol. The van der Waals surface area contributed by atoms with Gasteiger partial charge in [-0.2, -0.15) is 13.2 Å². The van der Waals surface area contributed by atoms with E-state index >= 15 is 0 Å². The maximum atomic E-state index is 14.0. The van der Waals surface area contributed by atoms with E-state index in [1.54, 1.807) is 17.0 Å². The fourth-order valence-electron chi connectivity index (χ4n) is 6.51. The van der Waals surface area contributed by atoms with Gasteiger partial charge in [0.1, 0.15) is 5.69 Å². The number of imide groups is 1. The minimum absolute atomic E-state index is 0.0580. The lowest BCUT2D eigenvalue weighted by molar-refractivity contribution is -0.144. The predicted molar refractivity (Wildman–Crippen MR) is 147 cm³/mol. The largest absolute Gasteiger partial charge is 0.433 e. The van der Waals surface area contributed by atoms with Crippen molar-refractivity contribution >= 4 is 39.3 Å². The third-order valence-corrected chi connectivity index (χ3v) is 9.85. The van der Waals surface area contributed by atoms with E-state index in [-0.39, 0.29) is 70.4 Å². The number of aryl methyl sites for hydroxylation is 1. The molecular formula is C29H30F3N5O3S. The van der Waals surface area contributed by atoms with Crippen molar-refractivity contribution in [3.8, 4) is 11.3 Å². The number of rotatable bonds is 4. The summed E-state index contributed by atoms with van der Waals surface area (Å²) in [5.41, 5.74) is -0.323. The van der Waals surface area contributed by atoms with Crippen LogP contribution in [-0.4, -0.2) is 62.7 Å². The summed E-state index contributed by atoms with van der Waals surface area (Å²) >= 11 is 1.24. The highest BCUT2D eigenvalue weighted by atomic mass is 32.1. The molecule has 3 aromatic rings. The van der Waals surface area contributed by atoms with Crippen LogP contribution >= 0.6 is 11.3 Å². The van der Waals surface area contributed by atoms with Crippen molar-refractivity contribution in [2.75, 3.05) is 13.1 Å². The highest BCUT2D eigenvalue weighted by Gasteiger charge is 2.72. The normalized spacial score (nSPS) is 25.7. The van der Waals surface area contributed by atoms with E-state index in [1.165, 1.54) is 29.4 Å². The highest BCUT2D eigenvalue weighted by molar-refractivity contribution is 7.19. The number of pyridine rings is 2. The lowest BCUT2D eigenvalue weighted by Gasteiger charge is -2.40. The number of alkyl halides is 3. The molecule has 2 saturated heterocycles. The molecule has 3 fully saturated rings. The highest BCUT2D eigenvalue weighted by Crippen LogP contribution is 2.63. The summed E-state index contributed by atoms with van der Waals surface area (Å²) < 4.78 is 42.4. The summed E-state index contributed by atoms with van der Waals surface area (Å²) in [5.74, 6) is -1.38. The second-order valence-electron chi connectivity index (χ2n) is 11.9. The van der Waals surface area contributed by atoms with Crippen molar-refractivity contribution in [1.82, 2.24) is 25.1 Å². The lowest BCUT2D eigenvalue weighted by atomic mass is 9.97. The van der Waals surface area contributed by atoms with E-state index < -0.39 is 11.9 Å². The molecule has 0 aromatic carbocycles. The third kappa shape index (κ3) is 4.34. The number of nitrogens with one attached hydrogen (secondary N) is 1. The van der Waals surface area contributed by atoms with E-state index in [1.807, 2.05) is 27.7 Å². The molecule has 1 aliphatic carbocycles. The van der Waals surface area contributed by atoms with Gasteiger partial charge in [0.15, 0.2) is 0 Å². The summed E-state index contributed by atoms with van der Waals surface area (Å²) in [5, 5.41) is 3.27. The topological polar surface area (TPSA) is 95.5 Å². The number of halogens is 3. The number of piperazine rings is 1. The zero-order valence-corrected chi connectivity index (χ0v) is 24.1. The van der Waals surface area contributed by atoms with Crippen LogP contribution in [0.4, 0.5) is 13.2 Å². The smallest absolute Gasteiger partial charge is 0.331 e. The first-order chi connectivity index (χ1) is 19.2. The predicted octanol–water partition coefficient (Wildman–Crippen LogP) is 4.65. The molecule has 3 aromatic heterocycles. The van der Waals surface area contributed by atoms with Gasteiger partial charge in [-0.05, 0) is 49.9 Å². The number of carbonyl (C=O) groups is 3. The van der Waals surface area contributed by atoms with Gasteiger partial charge >= 0.3 is 6.18 Å². The van der Waals surface area contributed by atoms with Crippen molar-refractivity contribution < 1.29 is 27.6 Å². The summed E-state index contributed by atoms with van der Waals surface area (Å²) in [6, 6.07) is 3.89. The van der Waals surface area contributed by atoms with E-state index in [9.17, 15) is 27.6 Å². The number of carbonyl (C=O) groups excluding carboxylic acids is 3. The Kier molecular flexibility index (Phi) is 6.31. The van der Waals surface area contributed by atoms with Crippen molar-refractivity contribution in [1.29, 1.82) is 0 Å². The van der Waals surface area contributed by atoms with Crippen LogP contribution in [0.1, 0.15) is 54.2 Å². The first kappa shape index (κ1) is 27.8. The summed E-state index contributed by atoms with van der Waals surface area (Å²) in [6.45, 7) is 10.3. The Balaban J connectivity index is 1.45. The molecule has 2 aliphatic heterocycles. The van der Waals surface area contributed by atoms with Crippen molar-refractivity contribution in [3.63, 3.8) is 0 Å². The average molecular weight is 586 g/mol.